The van der Waals surface area contributed by atoms with Crippen molar-refractivity contribution in [2.45, 2.75) is 19.4 Å². The van der Waals surface area contributed by atoms with Crippen LogP contribution >= 0.6 is 11.3 Å². The first-order valence-electron chi connectivity index (χ1n) is 10.6. The third-order valence-electron chi connectivity index (χ3n) is 5.85. The lowest BCUT2D eigenvalue weighted by atomic mass is 9.95. The summed E-state index contributed by atoms with van der Waals surface area (Å²) in [5, 5.41) is 3.20. The molecule has 2 aromatic carbocycles. The zero-order valence-electron chi connectivity index (χ0n) is 18.1. The van der Waals surface area contributed by atoms with Crippen molar-refractivity contribution in [1.29, 1.82) is 0 Å². The van der Waals surface area contributed by atoms with E-state index in [4.69, 9.17) is 10.5 Å². The Morgan fingerprint density at radius 1 is 1.15 bits per heavy atom. The molecule has 1 aliphatic rings. The molecule has 3 amide bonds. The van der Waals surface area contributed by atoms with Crippen LogP contribution in [0.4, 0.5) is 10.1 Å². The number of fused-ring (bicyclic) bond motifs is 1. The number of nitrogens with zero attached hydrogens (tertiary/aromatic N) is 1. The quantitative estimate of drug-likeness (QED) is 0.574. The molecule has 0 bridgehead atoms. The molecule has 3 N–H and O–H groups in total. The molecule has 0 atom stereocenters. The highest BCUT2D eigenvalue weighted by Crippen LogP contribution is 2.34. The predicted molar refractivity (Wildman–Crippen MR) is 125 cm³/mol. The SMILES string of the molecule is COCc1c(C(=O)Nc2ccccc2C(=O)N2CCC(C(N)=O)CC2)sc2cccc(F)c12. The van der Waals surface area contributed by atoms with E-state index >= 15 is 0 Å². The third kappa shape index (κ3) is 4.60. The molecule has 172 valence electrons. The summed E-state index contributed by atoms with van der Waals surface area (Å²) in [5.41, 5.74) is 6.58. The molecule has 33 heavy (non-hydrogen) atoms. The highest BCUT2D eigenvalue weighted by molar-refractivity contribution is 7.21. The van der Waals surface area contributed by atoms with Gasteiger partial charge in [-0.3, -0.25) is 14.4 Å². The van der Waals surface area contributed by atoms with Crippen LogP contribution in [-0.4, -0.2) is 42.8 Å². The topological polar surface area (TPSA) is 102 Å². The van der Waals surface area contributed by atoms with Gasteiger partial charge in [-0.15, -0.1) is 11.3 Å². The van der Waals surface area contributed by atoms with E-state index in [1.165, 1.54) is 24.5 Å². The summed E-state index contributed by atoms with van der Waals surface area (Å²) in [4.78, 5) is 39.8. The number of benzene rings is 2. The molecular weight excluding hydrogens is 445 g/mol. The molecule has 0 radical (unpaired) electrons. The molecule has 3 aromatic rings. The number of nitrogens with two attached hydrogens (primary N) is 1. The fraction of sp³-hybridized carbons (Fsp3) is 0.292. The normalized spacial score (nSPS) is 14.4. The Morgan fingerprint density at radius 2 is 1.88 bits per heavy atom. The second kappa shape index (κ2) is 9.68. The highest BCUT2D eigenvalue weighted by atomic mass is 32.1. The second-order valence-corrected chi connectivity index (χ2v) is 8.98. The van der Waals surface area contributed by atoms with Gasteiger partial charge in [-0.1, -0.05) is 18.2 Å². The first-order chi connectivity index (χ1) is 15.9. The van der Waals surface area contributed by atoms with Crippen LogP contribution in [0.5, 0.6) is 0 Å². The number of hydrogen-bond acceptors (Lipinski definition) is 5. The minimum Gasteiger partial charge on any atom is -0.380 e. The molecular formula is C24H24FN3O4S. The molecule has 0 saturated carbocycles. The van der Waals surface area contributed by atoms with Crippen molar-refractivity contribution in [3.63, 3.8) is 0 Å². The highest BCUT2D eigenvalue weighted by Gasteiger charge is 2.28. The van der Waals surface area contributed by atoms with E-state index in [2.05, 4.69) is 5.32 Å². The van der Waals surface area contributed by atoms with Crippen LogP contribution in [0.15, 0.2) is 42.5 Å². The Kier molecular flexibility index (Phi) is 6.71. The van der Waals surface area contributed by atoms with Crippen LogP contribution in [0.25, 0.3) is 10.1 Å². The molecule has 1 saturated heterocycles. The summed E-state index contributed by atoms with van der Waals surface area (Å²) in [6.07, 6.45) is 1.03. The van der Waals surface area contributed by atoms with Gasteiger partial charge in [-0.05, 0) is 37.1 Å². The fourth-order valence-electron chi connectivity index (χ4n) is 4.13. The van der Waals surface area contributed by atoms with Crippen molar-refractivity contribution in [2.24, 2.45) is 11.7 Å². The van der Waals surface area contributed by atoms with Gasteiger partial charge in [0.2, 0.25) is 5.91 Å². The number of amides is 3. The number of methoxy groups -OCH3 is 1. The number of nitrogens with one attached hydrogen (secondary N) is 1. The van der Waals surface area contributed by atoms with Crippen molar-refractivity contribution >= 4 is 44.8 Å². The lowest BCUT2D eigenvalue weighted by Gasteiger charge is -2.31. The van der Waals surface area contributed by atoms with E-state index in [1.54, 1.807) is 41.3 Å². The molecule has 9 heteroatoms. The number of hydrogen-bond donors (Lipinski definition) is 2. The van der Waals surface area contributed by atoms with E-state index in [0.717, 1.165) is 0 Å². The molecule has 0 aliphatic carbocycles. The molecule has 2 heterocycles. The molecule has 1 aliphatic heterocycles. The average molecular weight is 470 g/mol. The number of carbonyl (C=O) groups is 3. The first kappa shape index (κ1) is 22.9. The summed E-state index contributed by atoms with van der Waals surface area (Å²) in [6, 6.07) is 11.5. The maximum absolute atomic E-state index is 14.5. The van der Waals surface area contributed by atoms with Gasteiger partial charge in [-0.25, -0.2) is 4.39 Å². The van der Waals surface area contributed by atoms with Gasteiger partial charge < -0.3 is 20.7 Å². The number of ether oxygens (including phenoxy) is 1. The maximum Gasteiger partial charge on any atom is 0.266 e. The summed E-state index contributed by atoms with van der Waals surface area (Å²) < 4.78 is 20.3. The lowest BCUT2D eigenvalue weighted by molar-refractivity contribution is -0.123. The lowest BCUT2D eigenvalue weighted by Crippen LogP contribution is -2.42. The molecule has 7 nitrogen and oxygen atoms in total. The Balaban J connectivity index is 1.59. The van der Waals surface area contributed by atoms with Gasteiger partial charge in [-0.2, -0.15) is 0 Å². The molecule has 0 unspecified atom stereocenters. The number of anilines is 1. The first-order valence-corrected chi connectivity index (χ1v) is 11.4. The van der Waals surface area contributed by atoms with E-state index in [1.807, 2.05) is 0 Å². The zero-order chi connectivity index (χ0) is 23.5. The van der Waals surface area contributed by atoms with Gasteiger partial charge >= 0.3 is 0 Å². The fourth-order valence-corrected chi connectivity index (χ4v) is 5.25. The number of carbonyl (C=O) groups excluding carboxylic acids is 3. The van der Waals surface area contributed by atoms with Crippen molar-refractivity contribution in [1.82, 2.24) is 4.90 Å². The summed E-state index contributed by atoms with van der Waals surface area (Å²) in [7, 11) is 1.49. The number of thiophene rings is 1. The zero-order valence-corrected chi connectivity index (χ0v) is 18.9. The minimum absolute atomic E-state index is 0.0824. The number of rotatable bonds is 6. The van der Waals surface area contributed by atoms with Crippen LogP contribution in [0.1, 0.15) is 38.4 Å². The Hall–Kier alpha value is -3.30. The predicted octanol–water partition coefficient (Wildman–Crippen LogP) is 3.78. The average Bonchev–Trinajstić information content (AvgIpc) is 3.19. The largest absolute Gasteiger partial charge is 0.380 e. The van der Waals surface area contributed by atoms with Gasteiger partial charge in [0, 0.05) is 41.8 Å². The van der Waals surface area contributed by atoms with Gasteiger partial charge in [0.15, 0.2) is 0 Å². The van der Waals surface area contributed by atoms with E-state index in [9.17, 15) is 18.8 Å². The second-order valence-electron chi connectivity index (χ2n) is 7.92. The molecule has 4 rings (SSSR count). The number of likely N-dealkylation sites (tertiary alicyclic amines) is 1. The molecule has 1 aromatic heterocycles. The van der Waals surface area contributed by atoms with Crippen LogP contribution in [0.3, 0.4) is 0 Å². The smallest absolute Gasteiger partial charge is 0.266 e. The summed E-state index contributed by atoms with van der Waals surface area (Å²) in [5.74, 6) is -1.65. The van der Waals surface area contributed by atoms with Crippen molar-refractivity contribution in [3.05, 3.63) is 64.3 Å². The summed E-state index contributed by atoms with van der Waals surface area (Å²) >= 11 is 1.18. The molecule has 0 spiro atoms. The van der Waals surface area contributed by atoms with Crippen molar-refractivity contribution in [2.75, 3.05) is 25.5 Å². The standard InChI is InChI=1S/C24H24FN3O4S/c1-32-13-16-20-17(25)6-4-8-19(20)33-21(16)23(30)27-18-7-3-2-5-15(18)24(31)28-11-9-14(10-12-28)22(26)29/h2-8,14H,9-13H2,1H3,(H2,26,29)(H,27,30). The van der Waals surface area contributed by atoms with Crippen molar-refractivity contribution in [3.8, 4) is 0 Å². The van der Waals surface area contributed by atoms with E-state index in [0.29, 0.717) is 57.7 Å². The number of primary amides is 1. The third-order valence-corrected chi connectivity index (χ3v) is 7.04. The van der Waals surface area contributed by atoms with Crippen molar-refractivity contribution < 1.29 is 23.5 Å². The number of piperidine rings is 1. The molecule has 1 fully saturated rings. The van der Waals surface area contributed by atoms with Gasteiger partial charge in [0.1, 0.15) is 5.82 Å². The van der Waals surface area contributed by atoms with Gasteiger partial charge in [0.25, 0.3) is 11.8 Å². The maximum atomic E-state index is 14.5. The number of halogens is 1. The minimum atomic E-state index is -0.435. The Morgan fingerprint density at radius 3 is 2.58 bits per heavy atom. The van der Waals surface area contributed by atoms with Gasteiger partial charge in [0.05, 0.1) is 22.7 Å². The monoisotopic (exact) mass is 469 g/mol. The van der Waals surface area contributed by atoms with Crippen LogP contribution in [0, 0.1) is 11.7 Å². The Labute approximate surface area is 194 Å². The van der Waals surface area contributed by atoms with Crippen LogP contribution in [-0.2, 0) is 16.1 Å². The number of para-hydroxylation sites is 1. The van der Waals surface area contributed by atoms with E-state index < -0.39 is 11.7 Å². The van der Waals surface area contributed by atoms with E-state index in [-0.39, 0.29) is 24.3 Å². The van der Waals surface area contributed by atoms with Crippen LogP contribution < -0.4 is 11.1 Å². The Bertz CT molecular complexity index is 1220. The van der Waals surface area contributed by atoms with Crippen LogP contribution in [0.2, 0.25) is 0 Å². The summed E-state index contributed by atoms with van der Waals surface area (Å²) in [6.45, 7) is 0.920.